The van der Waals surface area contributed by atoms with Gasteiger partial charge < -0.3 is 20.1 Å². The molecule has 0 aromatic rings. The number of carbonyl (C=O) groups is 1. The van der Waals surface area contributed by atoms with Crippen LogP contribution in [-0.2, 0) is 14.3 Å². The van der Waals surface area contributed by atoms with Gasteiger partial charge in [-0.2, -0.15) is 0 Å². The van der Waals surface area contributed by atoms with E-state index in [-0.39, 0.29) is 23.4 Å². The van der Waals surface area contributed by atoms with Gasteiger partial charge in [-0.15, -0.1) is 0 Å². The van der Waals surface area contributed by atoms with E-state index in [9.17, 15) is 4.79 Å². The third-order valence-corrected chi connectivity index (χ3v) is 3.63. The van der Waals surface area contributed by atoms with Gasteiger partial charge in [0.25, 0.3) is 0 Å². The molecule has 1 aliphatic rings. The lowest BCUT2D eigenvalue weighted by Gasteiger charge is -2.39. The molecule has 2 N–H and O–H groups in total. The molecule has 18 heavy (non-hydrogen) atoms. The molecule has 5 nitrogen and oxygen atoms in total. The molecule has 106 valence electrons. The van der Waals surface area contributed by atoms with Crippen molar-refractivity contribution in [1.29, 1.82) is 0 Å². The Balaban J connectivity index is 2.58. The van der Waals surface area contributed by atoms with Crippen LogP contribution in [0, 0.1) is 5.41 Å². The van der Waals surface area contributed by atoms with E-state index in [0.29, 0.717) is 0 Å². The van der Waals surface area contributed by atoms with E-state index in [4.69, 9.17) is 9.47 Å². The molecule has 2 unspecified atom stereocenters. The topological polar surface area (TPSA) is 59.6 Å². The lowest BCUT2D eigenvalue weighted by Crippen LogP contribution is -2.58. The molecule has 0 radical (unpaired) electrons. The van der Waals surface area contributed by atoms with Gasteiger partial charge in [-0.25, -0.2) is 0 Å². The Hall–Kier alpha value is -0.650. The van der Waals surface area contributed by atoms with Crippen LogP contribution in [0.15, 0.2) is 0 Å². The van der Waals surface area contributed by atoms with Crippen LogP contribution in [0.2, 0.25) is 0 Å². The number of carbonyl (C=O) groups excluding carboxylic acids is 1. The van der Waals surface area contributed by atoms with Gasteiger partial charge in [0.05, 0.1) is 12.1 Å². The summed E-state index contributed by atoms with van der Waals surface area (Å²) in [6, 6.07) is -0.324. The first-order chi connectivity index (χ1) is 8.42. The largest absolute Gasteiger partial charge is 0.354 e. The van der Waals surface area contributed by atoms with Crippen LogP contribution in [0.5, 0.6) is 0 Å². The number of hydrogen-bond donors (Lipinski definition) is 2. The minimum Gasteiger partial charge on any atom is -0.354 e. The molecule has 0 aromatic heterocycles. The van der Waals surface area contributed by atoms with E-state index in [1.165, 1.54) is 0 Å². The van der Waals surface area contributed by atoms with Crippen molar-refractivity contribution < 1.29 is 14.3 Å². The van der Waals surface area contributed by atoms with Crippen molar-refractivity contribution in [2.75, 3.05) is 20.8 Å². The number of nitrogens with one attached hydrogen (secondary N) is 2. The summed E-state index contributed by atoms with van der Waals surface area (Å²) in [4.78, 5) is 12.3. The lowest BCUT2D eigenvalue weighted by atomic mass is 9.77. The Kier molecular flexibility index (Phi) is 5.56. The maximum absolute atomic E-state index is 12.3. The van der Waals surface area contributed by atoms with Gasteiger partial charge in [-0.1, -0.05) is 13.8 Å². The van der Waals surface area contributed by atoms with Crippen molar-refractivity contribution in [2.45, 2.75) is 52.0 Å². The van der Waals surface area contributed by atoms with Gasteiger partial charge in [0.2, 0.25) is 5.91 Å². The average molecular weight is 258 g/mol. The summed E-state index contributed by atoms with van der Waals surface area (Å²) in [5, 5.41) is 6.25. The second-order valence-corrected chi connectivity index (χ2v) is 5.62. The van der Waals surface area contributed by atoms with Gasteiger partial charge in [0.1, 0.15) is 0 Å². The number of methoxy groups -OCH3 is 2. The minimum atomic E-state index is -0.416. The van der Waals surface area contributed by atoms with Crippen LogP contribution in [-0.4, -0.2) is 45.0 Å². The molecular formula is C13H26N2O3. The summed E-state index contributed by atoms with van der Waals surface area (Å²) in [7, 11) is 3.14. The summed E-state index contributed by atoms with van der Waals surface area (Å²) in [5.74, 6) is 0.0197. The lowest BCUT2D eigenvalue weighted by molar-refractivity contribution is -0.139. The third kappa shape index (κ3) is 3.67. The van der Waals surface area contributed by atoms with E-state index in [1.54, 1.807) is 14.2 Å². The summed E-state index contributed by atoms with van der Waals surface area (Å²) in [6.45, 7) is 7.02. The Morgan fingerprint density at radius 2 is 2.00 bits per heavy atom. The van der Waals surface area contributed by atoms with Crippen molar-refractivity contribution in [1.82, 2.24) is 10.6 Å². The number of ether oxygens (including phenoxy) is 2. The van der Waals surface area contributed by atoms with Crippen LogP contribution < -0.4 is 10.6 Å². The maximum Gasteiger partial charge on any atom is 0.238 e. The number of hydrogen-bond acceptors (Lipinski definition) is 4. The van der Waals surface area contributed by atoms with Crippen molar-refractivity contribution in [3.63, 3.8) is 0 Å². The predicted octanol–water partition coefficient (Wildman–Crippen LogP) is 0.888. The Bertz CT molecular complexity index is 277. The van der Waals surface area contributed by atoms with Crippen LogP contribution >= 0.6 is 0 Å². The highest BCUT2D eigenvalue weighted by atomic mass is 16.7. The van der Waals surface area contributed by atoms with Gasteiger partial charge in [0.15, 0.2) is 6.29 Å². The maximum atomic E-state index is 12.3. The van der Waals surface area contributed by atoms with E-state index < -0.39 is 6.29 Å². The molecule has 0 spiro atoms. The highest BCUT2D eigenvalue weighted by molar-refractivity contribution is 5.83. The van der Waals surface area contributed by atoms with Crippen molar-refractivity contribution >= 4 is 5.91 Å². The first-order valence-corrected chi connectivity index (χ1v) is 6.51. The fourth-order valence-corrected chi connectivity index (χ4v) is 2.54. The van der Waals surface area contributed by atoms with E-state index in [1.807, 2.05) is 6.92 Å². The predicted molar refractivity (Wildman–Crippen MR) is 70.2 cm³/mol. The van der Waals surface area contributed by atoms with Gasteiger partial charge in [-0.3, -0.25) is 4.79 Å². The van der Waals surface area contributed by atoms with Gasteiger partial charge in [0, 0.05) is 14.2 Å². The molecule has 1 amide bonds. The normalized spacial score (nSPS) is 24.9. The molecule has 1 rings (SSSR count). The molecular weight excluding hydrogens is 232 g/mol. The standard InChI is InChI=1S/C13H26N2O3/c1-9(12(17-4)18-5)15-11(16)10-13(2,3)7-6-8-14-10/h9-10,12,14H,6-8H2,1-5H3,(H,15,16). The summed E-state index contributed by atoms with van der Waals surface area (Å²) >= 11 is 0. The van der Waals surface area contributed by atoms with Crippen molar-refractivity contribution in [3.8, 4) is 0 Å². The molecule has 1 aliphatic heterocycles. The minimum absolute atomic E-state index is 0.0162. The Labute approximate surface area is 110 Å². The fourth-order valence-electron chi connectivity index (χ4n) is 2.54. The van der Waals surface area contributed by atoms with E-state index in [0.717, 1.165) is 19.4 Å². The Morgan fingerprint density at radius 3 is 2.50 bits per heavy atom. The second-order valence-electron chi connectivity index (χ2n) is 5.62. The second kappa shape index (κ2) is 6.50. The Morgan fingerprint density at radius 1 is 1.39 bits per heavy atom. The van der Waals surface area contributed by atoms with Crippen molar-refractivity contribution in [3.05, 3.63) is 0 Å². The molecule has 1 saturated heterocycles. The first-order valence-electron chi connectivity index (χ1n) is 6.51. The summed E-state index contributed by atoms with van der Waals surface area (Å²) in [5.41, 5.74) is -0.0162. The number of rotatable bonds is 5. The monoisotopic (exact) mass is 258 g/mol. The third-order valence-electron chi connectivity index (χ3n) is 3.63. The number of piperidine rings is 1. The molecule has 2 atom stereocenters. The quantitative estimate of drug-likeness (QED) is 0.719. The highest BCUT2D eigenvalue weighted by Gasteiger charge is 2.37. The molecule has 0 aliphatic carbocycles. The molecule has 5 heteroatoms. The van der Waals surface area contributed by atoms with Gasteiger partial charge in [-0.05, 0) is 31.7 Å². The summed E-state index contributed by atoms with van der Waals surface area (Å²) in [6.07, 6.45) is 1.76. The van der Waals surface area contributed by atoms with E-state index >= 15 is 0 Å². The number of amides is 1. The molecule has 0 saturated carbocycles. The highest BCUT2D eigenvalue weighted by Crippen LogP contribution is 2.30. The zero-order valence-corrected chi connectivity index (χ0v) is 12.1. The molecule has 1 heterocycles. The molecule has 0 bridgehead atoms. The summed E-state index contributed by atoms with van der Waals surface area (Å²) < 4.78 is 10.3. The van der Waals surface area contributed by atoms with Crippen molar-refractivity contribution in [2.24, 2.45) is 5.41 Å². The molecule has 1 fully saturated rings. The first kappa shape index (κ1) is 15.4. The smallest absolute Gasteiger partial charge is 0.238 e. The van der Waals surface area contributed by atoms with Gasteiger partial charge >= 0.3 is 0 Å². The zero-order valence-electron chi connectivity index (χ0n) is 12.1. The average Bonchev–Trinajstić information content (AvgIpc) is 2.29. The fraction of sp³-hybridized carbons (Fsp3) is 0.923. The SMILES string of the molecule is COC(OC)C(C)NC(=O)C1NCCCC1(C)C. The van der Waals surface area contributed by atoms with E-state index in [2.05, 4.69) is 24.5 Å². The molecule has 0 aromatic carbocycles. The zero-order chi connectivity index (χ0) is 13.8. The van der Waals surface area contributed by atoms with Crippen LogP contribution in [0.4, 0.5) is 0 Å². The van der Waals surface area contributed by atoms with Crippen LogP contribution in [0.25, 0.3) is 0 Å². The van der Waals surface area contributed by atoms with Crippen LogP contribution in [0.3, 0.4) is 0 Å². The van der Waals surface area contributed by atoms with Crippen LogP contribution in [0.1, 0.15) is 33.6 Å².